The molecule has 19 heavy (non-hydrogen) atoms. The zero-order valence-corrected chi connectivity index (χ0v) is 11.3. The second kappa shape index (κ2) is 5.27. The highest BCUT2D eigenvalue weighted by Crippen LogP contribution is 2.44. The highest BCUT2D eigenvalue weighted by molar-refractivity contribution is 6.01. The van der Waals surface area contributed by atoms with Crippen LogP contribution in [0.15, 0.2) is 12.1 Å². The van der Waals surface area contributed by atoms with Gasteiger partial charge in [0, 0.05) is 17.5 Å². The van der Waals surface area contributed by atoms with Gasteiger partial charge in [-0.3, -0.25) is 4.79 Å². The maximum absolute atomic E-state index is 14.0. The van der Waals surface area contributed by atoms with Crippen LogP contribution >= 0.6 is 0 Å². The third-order valence-corrected chi connectivity index (χ3v) is 4.20. The number of hydrogen-bond donors (Lipinski definition) is 0. The van der Waals surface area contributed by atoms with E-state index in [-0.39, 0.29) is 5.75 Å². The van der Waals surface area contributed by atoms with Gasteiger partial charge >= 0.3 is 0 Å². The van der Waals surface area contributed by atoms with Gasteiger partial charge < -0.3 is 4.74 Å². The number of ketones is 1. The van der Waals surface area contributed by atoms with Crippen LogP contribution < -0.4 is 4.74 Å². The lowest BCUT2D eigenvalue weighted by molar-refractivity contribution is 0.0781. The molecule has 1 fully saturated rings. The molecule has 0 atom stereocenters. The van der Waals surface area contributed by atoms with Gasteiger partial charge in [-0.05, 0) is 19.3 Å². The van der Waals surface area contributed by atoms with Crippen LogP contribution in [0.1, 0.15) is 49.4 Å². The van der Waals surface area contributed by atoms with Crippen molar-refractivity contribution < 1.29 is 18.3 Å². The topological polar surface area (TPSA) is 26.3 Å². The van der Waals surface area contributed by atoms with E-state index in [1.165, 1.54) is 7.11 Å². The summed E-state index contributed by atoms with van der Waals surface area (Å²) in [7, 11) is 1.33. The molecule has 0 radical (unpaired) electrons. The van der Waals surface area contributed by atoms with E-state index < -0.39 is 28.4 Å². The van der Waals surface area contributed by atoms with Crippen molar-refractivity contribution in [2.45, 2.75) is 39.0 Å². The first-order valence-corrected chi connectivity index (χ1v) is 6.62. The third-order valence-electron chi connectivity index (χ3n) is 4.20. The fourth-order valence-corrected chi connectivity index (χ4v) is 2.94. The summed E-state index contributed by atoms with van der Waals surface area (Å²) in [5.74, 6) is -1.98. The van der Waals surface area contributed by atoms with Crippen LogP contribution in [0.3, 0.4) is 0 Å². The summed E-state index contributed by atoms with van der Waals surface area (Å²) < 4.78 is 32.7. The fraction of sp³-hybridized carbons (Fsp3) is 0.533. The van der Waals surface area contributed by atoms with E-state index >= 15 is 0 Å². The van der Waals surface area contributed by atoms with Crippen molar-refractivity contribution in [1.82, 2.24) is 0 Å². The number of halogens is 2. The molecular weight excluding hydrogens is 250 g/mol. The van der Waals surface area contributed by atoms with Crippen LogP contribution in [0.4, 0.5) is 8.78 Å². The number of carbonyl (C=O) groups is 1. The second-order valence-electron chi connectivity index (χ2n) is 5.14. The average molecular weight is 268 g/mol. The summed E-state index contributed by atoms with van der Waals surface area (Å²) in [5.41, 5.74) is -0.999. The number of methoxy groups -OCH3 is 1. The first-order valence-electron chi connectivity index (χ1n) is 6.62. The van der Waals surface area contributed by atoms with Crippen molar-refractivity contribution in [2.75, 3.05) is 7.11 Å². The summed E-state index contributed by atoms with van der Waals surface area (Å²) in [4.78, 5) is 12.5. The van der Waals surface area contributed by atoms with Gasteiger partial charge in [-0.1, -0.05) is 19.8 Å². The van der Waals surface area contributed by atoms with Crippen molar-refractivity contribution in [2.24, 2.45) is 5.41 Å². The minimum atomic E-state index is -0.832. The van der Waals surface area contributed by atoms with Crippen LogP contribution in [-0.4, -0.2) is 12.9 Å². The molecular formula is C15H18F2O2. The lowest BCUT2D eigenvalue weighted by atomic mass is 9.76. The first kappa shape index (κ1) is 14.0. The van der Waals surface area contributed by atoms with Gasteiger partial charge in [-0.15, -0.1) is 0 Å². The monoisotopic (exact) mass is 268 g/mol. The minimum absolute atomic E-state index is 0.0866. The molecule has 1 aromatic rings. The van der Waals surface area contributed by atoms with Gasteiger partial charge in [0.25, 0.3) is 0 Å². The van der Waals surface area contributed by atoms with E-state index in [9.17, 15) is 13.6 Å². The lowest BCUT2D eigenvalue weighted by Crippen LogP contribution is -2.29. The molecule has 0 unspecified atom stereocenters. The van der Waals surface area contributed by atoms with E-state index in [4.69, 9.17) is 4.74 Å². The molecule has 1 aliphatic carbocycles. The van der Waals surface area contributed by atoms with Crippen LogP contribution in [-0.2, 0) is 0 Å². The van der Waals surface area contributed by atoms with Crippen LogP contribution in [0.25, 0.3) is 0 Å². The fourth-order valence-electron chi connectivity index (χ4n) is 2.94. The quantitative estimate of drug-likeness (QED) is 0.767. The predicted octanol–water partition coefficient (Wildman–Crippen LogP) is 4.13. The van der Waals surface area contributed by atoms with Crippen molar-refractivity contribution in [3.05, 3.63) is 29.3 Å². The number of benzene rings is 1. The summed E-state index contributed by atoms with van der Waals surface area (Å²) in [6.45, 7) is 1.91. The molecule has 104 valence electrons. The third kappa shape index (κ3) is 2.36. The Morgan fingerprint density at radius 1 is 1.26 bits per heavy atom. The lowest BCUT2D eigenvalue weighted by Gasteiger charge is -2.26. The van der Waals surface area contributed by atoms with Gasteiger partial charge in [0.1, 0.15) is 17.4 Å². The molecule has 2 rings (SSSR count). The largest absolute Gasteiger partial charge is 0.497 e. The summed E-state index contributed by atoms with van der Waals surface area (Å²) in [5, 5.41) is 0. The molecule has 0 spiro atoms. The number of ether oxygens (including phenoxy) is 1. The normalized spacial score (nSPS) is 17.5. The van der Waals surface area contributed by atoms with Crippen LogP contribution in [0.5, 0.6) is 5.75 Å². The molecule has 0 bridgehead atoms. The molecule has 1 aliphatic rings. The second-order valence-corrected chi connectivity index (χ2v) is 5.14. The molecule has 0 aromatic heterocycles. The van der Waals surface area contributed by atoms with E-state index in [1.807, 2.05) is 6.92 Å². The molecule has 4 heteroatoms. The van der Waals surface area contributed by atoms with Crippen molar-refractivity contribution in [3.8, 4) is 5.75 Å². The van der Waals surface area contributed by atoms with E-state index in [0.717, 1.165) is 25.0 Å². The summed E-state index contributed by atoms with van der Waals surface area (Å²) in [6, 6.07) is 2.13. The molecule has 0 aliphatic heterocycles. The Kier molecular flexibility index (Phi) is 3.88. The van der Waals surface area contributed by atoms with Crippen LogP contribution in [0, 0.1) is 17.0 Å². The molecule has 1 saturated carbocycles. The predicted molar refractivity (Wildman–Crippen MR) is 68.4 cm³/mol. The van der Waals surface area contributed by atoms with Crippen molar-refractivity contribution in [1.29, 1.82) is 0 Å². The maximum atomic E-state index is 14.0. The highest BCUT2D eigenvalue weighted by atomic mass is 19.1. The summed E-state index contributed by atoms with van der Waals surface area (Å²) in [6.07, 6.45) is 3.94. The molecule has 2 nitrogen and oxygen atoms in total. The van der Waals surface area contributed by atoms with Crippen LogP contribution in [0.2, 0.25) is 0 Å². The Bertz CT molecular complexity index is 468. The first-order chi connectivity index (χ1) is 9.04. The maximum Gasteiger partial charge on any atom is 0.174 e. The Morgan fingerprint density at radius 3 is 2.21 bits per heavy atom. The molecule has 0 heterocycles. The number of Topliss-reactive ketones (excluding diaryl/α,β-unsaturated/α-hetero) is 1. The SMILES string of the molecule is CCC1(C(=O)c2c(F)cc(OC)cc2F)CCCC1. The number of rotatable bonds is 4. The molecule has 1 aromatic carbocycles. The van der Waals surface area contributed by atoms with Gasteiger partial charge in [-0.2, -0.15) is 0 Å². The highest BCUT2D eigenvalue weighted by Gasteiger charge is 2.41. The Morgan fingerprint density at radius 2 is 1.79 bits per heavy atom. The standard InChI is InChI=1S/C15H18F2O2/c1-3-15(6-4-5-7-15)14(18)13-11(16)8-10(19-2)9-12(13)17/h8-9H,3-7H2,1-2H3. The van der Waals surface area contributed by atoms with E-state index in [0.29, 0.717) is 19.3 Å². The van der Waals surface area contributed by atoms with Crippen molar-refractivity contribution >= 4 is 5.78 Å². The van der Waals surface area contributed by atoms with Gasteiger partial charge in [0.2, 0.25) is 0 Å². The molecule has 0 saturated heterocycles. The van der Waals surface area contributed by atoms with E-state index in [2.05, 4.69) is 0 Å². The Labute approximate surface area is 111 Å². The van der Waals surface area contributed by atoms with Crippen molar-refractivity contribution in [3.63, 3.8) is 0 Å². The van der Waals surface area contributed by atoms with Gasteiger partial charge in [0.05, 0.1) is 12.7 Å². The Hall–Kier alpha value is -1.45. The average Bonchev–Trinajstić information content (AvgIpc) is 2.87. The minimum Gasteiger partial charge on any atom is -0.497 e. The smallest absolute Gasteiger partial charge is 0.174 e. The number of carbonyl (C=O) groups excluding carboxylic acids is 1. The van der Waals surface area contributed by atoms with Gasteiger partial charge in [0.15, 0.2) is 5.78 Å². The van der Waals surface area contributed by atoms with Gasteiger partial charge in [-0.25, -0.2) is 8.78 Å². The molecule has 0 amide bonds. The zero-order chi connectivity index (χ0) is 14.0. The van der Waals surface area contributed by atoms with E-state index in [1.54, 1.807) is 0 Å². The summed E-state index contributed by atoms with van der Waals surface area (Å²) >= 11 is 0. The zero-order valence-electron chi connectivity index (χ0n) is 11.3. The number of hydrogen-bond acceptors (Lipinski definition) is 2. The molecule has 0 N–H and O–H groups in total. The Balaban J connectivity index is 2.44.